The maximum atomic E-state index is 9.20. The van der Waals surface area contributed by atoms with E-state index in [9.17, 15) is 5.26 Å². The molecule has 0 N–H and O–H groups in total. The number of benzene rings is 2. The third kappa shape index (κ3) is 5.21. The highest BCUT2D eigenvalue weighted by molar-refractivity contribution is 5.69. The van der Waals surface area contributed by atoms with E-state index in [1.165, 1.54) is 5.56 Å². The van der Waals surface area contributed by atoms with E-state index in [0.717, 1.165) is 66.4 Å². The molecule has 0 atom stereocenters. The second-order valence-corrected chi connectivity index (χ2v) is 8.82. The molecule has 0 radical (unpaired) electrons. The Hall–Kier alpha value is -4.08. The molecular formula is C29H27N5O. The van der Waals surface area contributed by atoms with Gasteiger partial charge in [-0.25, -0.2) is 9.97 Å². The summed E-state index contributed by atoms with van der Waals surface area (Å²) in [4.78, 5) is 16.4. The van der Waals surface area contributed by atoms with Crippen LogP contribution in [0.15, 0.2) is 79.3 Å². The smallest absolute Gasteiger partial charge is 0.159 e. The molecule has 1 fully saturated rings. The summed E-state index contributed by atoms with van der Waals surface area (Å²) >= 11 is 0. The summed E-state index contributed by atoms with van der Waals surface area (Å²) in [6, 6.07) is 22.1. The van der Waals surface area contributed by atoms with Gasteiger partial charge in [-0.05, 0) is 73.5 Å². The van der Waals surface area contributed by atoms with Crippen molar-refractivity contribution in [2.24, 2.45) is 0 Å². The van der Waals surface area contributed by atoms with Crippen LogP contribution in [-0.4, -0.2) is 40.1 Å². The van der Waals surface area contributed by atoms with Gasteiger partial charge in [0.2, 0.25) is 0 Å². The topological polar surface area (TPSA) is 74.9 Å². The SMILES string of the molecule is COc1cccc(-c2cnc(-c3ccncc3)nc2C2CCN(Cc3cccc(C#N)c3)CC2)c1. The van der Waals surface area contributed by atoms with Crippen molar-refractivity contribution in [1.82, 2.24) is 19.9 Å². The van der Waals surface area contributed by atoms with E-state index in [4.69, 9.17) is 14.7 Å². The molecule has 0 saturated carbocycles. The molecule has 35 heavy (non-hydrogen) atoms. The fourth-order valence-corrected chi connectivity index (χ4v) is 4.72. The Kier molecular flexibility index (Phi) is 6.78. The predicted molar refractivity (Wildman–Crippen MR) is 136 cm³/mol. The predicted octanol–water partition coefficient (Wildman–Crippen LogP) is 5.47. The van der Waals surface area contributed by atoms with Crippen molar-refractivity contribution in [3.63, 3.8) is 0 Å². The lowest BCUT2D eigenvalue weighted by Crippen LogP contribution is -2.33. The molecule has 174 valence electrons. The molecule has 0 bridgehead atoms. The van der Waals surface area contributed by atoms with Crippen molar-refractivity contribution in [2.75, 3.05) is 20.2 Å². The van der Waals surface area contributed by atoms with Crippen molar-refractivity contribution in [1.29, 1.82) is 5.26 Å². The Labute approximate surface area is 205 Å². The van der Waals surface area contributed by atoms with Crippen LogP contribution in [0.4, 0.5) is 0 Å². The van der Waals surface area contributed by atoms with Gasteiger partial charge in [-0.2, -0.15) is 5.26 Å². The Morgan fingerprint density at radius 3 is 2.57 bits per heavy atom. The molecule has 6 heteroatoms. The Morgan fingerprint density at radius 1 is 1.00 bits per heavy atom. The van der Waals surface area contributed by atoms with Crippen molar-refractivity contribution >= 4 is 0 Å². The number of nitrogens with zero attached hydrogens (tertiary/aromatic N) is 5. The van der Waals surface area contributed by atoms with E-state index >= 15 is 0 Å². The number of nitriles is 1. The number of hydrogen-bond acceptors (Lipinski definition) is 6. The van der Waals surface area contributed by atoms with Gasteiger partial charge in [-0.1, -0.05) is 24.3 Å². The Morgan fingerprint density at radius 2 is 1.80 bits per heavy atom. The van der Waals surface area contributed by atoms with Crippen LogP contribution in [0.25, 0.3) is 22.5 Å². The molecule has 5 rings (SSSR count). The maximum absolute atomic E-state index is 9.20. The van der Waals surface area contributed by atoms with Crippen LogP contribution in [0.2, 0.25) is 0 Å². The fourth-order valence-electron chi connectivity index (χ4n) is 4.72. The van der Waals surface area contributed by atoms with Crippen molar-refractivity contribution in [2.45, 2.75) is 25.3 Å². The second-order valence-electron chi connectivity index (χ2n) is 8.82. The zero-order valence-corrected chi connectivity index (χ0v) is 19.8. The van der Waals surface area contributed by atoms with Crippen LogP contribution in [0, 0.1) is 11.3 Å². The molecule has 1 saturated heterocycles. The first-order valence-corrected chi connectivity index (χ1v) is 11.9. The molecule has 2 aromatic carbocycles. The fraction of sp³-hybridized carbons (Fsp3) is 0.241. The molecule has 2 aromatic heterocycles. The van der Waals surface area contributed by atoms with Crippen LogP contribution < -0.4 is 4.74 Å². The summed E-state index contributed by atoms with van der Waals surface area (Å²) in [5, 5.41) is 9.20. The van der Waals surface area contributed by atoms with E-state index in [2.05, 4.69) is 28.1 Å². The number of ether oxygens (including phenoxy) is 1. The van der Waals surface area contributed by atoms with Crippen LogP contribution in [0.5, 0.6) is 5.75 Å². The number of piperidine rings is 1. The van der Waals surface area contributed by atoms with E-state index in [1.54, 1.807) is 19.5 Å². The number of likely N-dealkylation sites (tertiary alicyclic amines) is 1. The molecule has 3 heterocycles. The maximum Gasteiger partial charge on any atom is 0.159 e. The van der Waals surface area contributed by atoms with Gasteiger partial charge in [0.05, 0.1) is 24.4 Å². The number of methoxy groups -OCH3 is 1. The van der Waals surface area contributed by atoms with Gasteiger partial charge in [0.15, 0.2) is 5.82 Å². The summed E-state index contributed by atoms with van der Waals surface area (Å²) in [6.45, 7) is 2.82. The minimum atomic E-state index is 0.335. The molecular weight excluding hydrogens is 434 g/mol. The standard InChI is InChI=1S/C29H27N5O/c1-35-26-7-3-6-25(17-26)27-19-32-29(24-8-12-31-13-9-24)33-28(27)23-10-14-34(15-11-23)20-22-5-2-4-21(16-22)18-30/h2-9,12-13,16-17,19,23H,10-11,14-15,20H2,1H3. The lowest BCUT2D eigenvalue weighted by atomic mass is 9.88. The normalized spacial score (nSPS) is 14.4. The molecule has 4 aromatic rings. The van der Waals surface area contributed by atoms with Gasteiger partial charge >= 0.3 is 0 Å². The highest BCUT2D eigenvalue weighted by Gasteiger charge is 2.25. The van der Waals surface area contributed by atoms with Gasteiger partial charge < -0.3 is 4.74 Å². The van der Waals surface area contributed by atoms with Crippen molar-refractivity contribution in [3.05, 3.63) is 96.1 Å². The van der Waals surface area contributed by atoms with Gasteiger partial charge in [-0.3, -0.25) is 9.88 Å². The summed E-state index contributed by atoms with van der Waals surface area (Å²) < 4.78 is 5.47. The molecule has 6 nitrogen and oxygen atoms in total. The summed E-state index contributed by atoms with van der Waals surface area (Å²) in [7, 11) is 1.69. The third-order valence-electron chi connectivity index (χ3n) is 6.57. The summed E-state index contributed by atoms with van der Waals surface area (Å²) in [6.07, 6.45) is 7.53. The van der Waals surface area contributed by atoms with Crippen LogP contribution in [0.3, 0.4) is 0 Å². The summed E-state index contributed by atoms with van der Waals surface area (Å²) in [5.74, 6) is 1.88. The minimum Gasteiger partial charge on any atom is -0.497 e. The van der Waals surface area contributed by atoms with E-state index in [0.29, 0.717) is 11.5 Å². The molecule has 0 spiro atoms. The van der Waals surface area contributed by atoms with Gasteiger partial charge in [0.25, 0.3) is 0 Å². The average molecular weight is 462 g/mol. The Bertz CT molecular complexity index is 1340. The largest absolute Gasteiger partial charge is 0.497 e. The third-order valence-corrected chi connectivity index (χ3v) is 6.57. The number of rotatable bonds is 6. The highest BCUT2D eigenvalue weighted by Crippen LogP contribution is 2.36. The first kappa shape index (κ1) is 22.7. The van der Waals surface area contributed by atoms with Crippen molar-refractivity contribution < 1.29 is 4.74 Å². The van der Waals surface area contributed by atoms with E-state index < -0.39 is 0 Å². The number of pyridine rings is 1. The van der Waals surface area contributed by atoms with E-state index in [1.807, 2.05) is 54.7 Å². The van der Waals surface area contributed by atoms with Gasteiger partial charge in [-0.15, -0.1) is 0 Å². The monoisotopic (exact) mass is 461 g/mol. The Balaban J connectivity index is 1.41. The number of aromatic nitrogens is 3. The van der Waals surface area contributed by atoms with Crippen LogP contribution in [-0.2, 0) is 6.54 Å². The molecule has 0 amide bonds. The molecule has 0 unspecified atom stereocenters. The quantitative estimate of drug-likeness (QED) is 0.379. The highest BCUT2D eigenvalue weighted by atomic mass is 16.5. The molecule has 1 aliphatic heterocycles. The first-order valence-electron chi connectivity index (χ1n) is 11.9. The van der Waals surface area contributed by atoms with Crippen molar-refractivity contribution in [3.8, 4) is 34.3 Å². The van der Waals surface area contributed by atoms with Gasteiger partial charge in [0, 0.05) is 42.2 Å². The van der Waals surface area contributed by atoms with E-state index in [-0.39, 0.29) is 0 Å². The molecule has 0 aliphatic carbocycles. The zero-order valence-electron chi connectivity index (χ0n) is 19.8. The van der Waals surface area contributed by atoms with Crippen LogP contribution in [0.1, 0.15) is 35.6 Å². The molecule has 1 aliphatic rings. The second kappa shape index (κ2) is 10.5. The lowest BCUT2D eigenvalue weighted by Gasteiger charge is -2.32. The zero-order chi connectivity index (χ0) is 24.0. The summed E-state index contributed by atoms with van der Waals surface area (Å²) in [5.41, 5.74) is 6.07. The first-order chi connectivity index (χ1) is 17.2. The minimum absolute atomic E-state index is 0.335. The average Bonchev–Trinajstić information content (AvgIpc) is 2.94. The van der Waals surface area contributed by atoms with Crippen LogP contribution >= 0.6 is 0 Å². The number of hydrogen-bond donors (Lipinski definition) is 0. The van der Waals surface area contributed by atoms with Gasteiger partial charge in [0.1, 0.15) is 5.75 Å². The lowest BCUT2D eigenvalue weighted by molar-refractivity contribution is 0.203.